The molecule has 372 valence electrons. The largest absolute Gasteiger partial charge is 0.456 e. The van der Waals surface area contributed by atoms with Gasteiger partial charge in [-0.1, -0.05) is 168 Å². The molecule has 12 aromatic carbocycles. The number of fused-ring (bicyclic) bond motifs is 18. The van der Waals surface area contributed by atoms with Crippen molar-refractivity contribution < 1.29 is 8.83 Å². The van der Waals surface area contributed by atoms with E-state index in [-0.39, 0.29) is 0 Å². The van der Waals surface area contributed by atoms with E-state index in [0.29, 0.717) is 0 Å². The van der Waals surface area contributed by atoms with E-state index in [0.717, 1.165) is 55.4 Å². The van der Waals surface area contributed by atoms with E-state index < -0.39 is 0 Å². The van der Waals surface area contributed by atoms with Crippen LogP contribution in [0.4, 0.5) is 0 Å². The molecule has 0 N–H and O–H groups in total. The Labute approximate surface area is 462 Å². The maximum absolute atomic E-state index is 6.28. The van der Waals surface area contributed by atoms with E-state index in [1.807, 2.05) is 42.5 Å². The summed E-state index contributed by atoms with van der Waals surface area (Å²) in [5, 5.41) is 12.3. The zero-order valence-electron chi connectivity index (χ0n) is 42.6. The van der Waals surface area contributed by atoms with Crippen LogP contribution in [0.3, 0.4) is 0 Å². The number of hydrogen-bond acceptors (Lipinski definition) is 2. The van der Waals surface area contributed by atoms with Crippen molar-refractivity contribution in [3.63, 3.8) is 0 Å². The Morgan fingerprint density at radius 2 is 0.684 bits per heavy atom. The molecule has 0 saturated heterocycles. The third kappa shape index (κ3) is 7.29. The predicted octanol–water partition coefficient (Wildman–Crippen LogP) is 20.5. The van der Waals surface area contributed by atoms with Gasteiger partial charge in [0.1, 0.15) is 22.3 Å². The second kappa shape index (κ2) is 18.1. The Morgan fingerprint density at radius 3 is 1.27 bits per heavy atom. The summed E-state index contributed by atoms with van der Waals surface area (Å²) in [6.07, 6.45) is 1.03. The van der Waals surface area contributed by atoms with Crippen LogP contribution in [0.25, 0.3) is 137 Å². The number of aromatic nitrogens is 3. The summed E-state index contributed by atoms with van der Waals surface area (Å²) in [6, 6.07) is 94.8. The fraction of sp³-hybridized carbons (Fsp3) is 0.0137. The minimum atomic E-state index is 0.902. The van der Waals surface area contributed by atoms with E-state index in [2.05, 4.69) is 254 Å². The maximum atomic E-state index is 6.28. The zero-order valence-corrected chi connectivity index (χ0v) is 44.2. The lowest BCUT2D eigenvalue weighted by atomic mass is 10.0. The quantitative estimate of drug-likeness (QED) is 0.177. The van der Waals surface area contributed by atoms with E-state index in [1.165, 1.54) is 104 Å². The van der Waals surface area contributed by atoms with Gasteiger partial charge in [0, 0.05) is 81.5 Å². The van der Waals surface area contributed by atoms with Crippen LogP contribution in [0.5, 0.6) is 0 Å². The number of halogens is 1. The monoisotopic (exact) mass is 1080 g/mol. The van der Waals surface area contributed by atoms with Gasteiger partial charge in [-0.3, -0.25) is 0 Å². The highest BCUT2D eigenvalue weighted by Crippen LogP contribution is 2.44. The lowest BCUT2D eigenvalue weighted by Crippen LogP contribution is -1.95. The van der Waals surface area contributed by atoms with Gasteiger partial charge in [0.05, 0.1) is 33.1 Å². The average molecular weight is 1080 g/mol. The molecular formula is C73H46BrN3O2. The van der Waals surface area contributed by atoms with Gasteiger partial charge in [0.15, 0.2) is 0 Å². The van der Waals surface area contributed by atoms with Crippen molar-refractivity contribution in [2.75, 3.05) is 0 Å². The van der Waals surface area contributed by atoms with Gasteiger partial charge in [-0.2, -0.15) is 0 Å². The first-order valence-electron chi connectivity index (χ1n) is 26.8. The Balaban J connectivity index is 0.000000111. The van der Waals surface area contributed by atoms with E-state index in [9.17, 15) is 0 Å². The fourth-order valence-corrected chi connectivity index (χ4v) is 12.9. The molecule has 18 rings (SSSR count). The molecule has 0 unspecified atom stereocenters. The minimum absolute atomic E-state index is 0.902. The molecule has 6 heteroatoms. The van der Waals surface area contributed by atoms with E-state index in [1.54, 1.807) is 0 Å². The van der Waals surface area contributed by atoms with Crippen molar-refractivity contribution in [3.05, 3.63) is 283 Å². The second-order valence-corrected chi connectivity index (χ2v) is 21.4. The number of nitrogens with zero attached hydrogens (tertiary/aromatic N) is 3. The van der Waals surface area contributed by atoms with Crippen LogP contribution in [0.1, 0.15) is 11.1 Å². The Bertz CT molecular complexity index is 5250. The van der Waals surface area contributed by atoms with Gasteiger partial charge >= 0.3 is 0 Å². The summed E-state index contributed by atoms with van der Waals surface area (Å²) < 4.78 is 20.2. The highest BCUT2D eigenvalue weighted by molar-refractivity contribution is 9.10. The van der Waals surface area contributed by atoms with Crippen molar-refractivity contribution in [2.45, 2.75) is 6.42 Å². The van der Waals surface area contributed by atoms with Crippen molar-refractivity contribution in [3.8, 4) is 28.2 Å². The molecule has 5 heterocycles. The molecular weight excluding hydrogens is 1030 g/mol. The molecule has 17 aromatic rings. The highest BCUT2D eigenvalue weighted by Gasteiger charge is 2.23. The van der Waals surface area contributed by atoms with Crippen LogP contribution in [-0.4, -0.2) is 13.7 Å². The Kier molecular flexibility index (Phi) is 10.4. The van der Waals surface area contributed by atoms with Gasteiger partial charge < -0.3 is 22.5 Å². The first-order valence-corrected chi connectivity index (χ1v) is 27.6. The van der Waals surface area contributed by atoms with Crippen LogP contribution in [0, 0.1) is 0 Å². The van der Waals surface area contributed by atoms with Gasteiger partial charge in [0.2, 0.25) is 0 Å². The lowest BCUT2D eigenvalue weighted by molar-refractivity contribution is 0.668. The van der Waals surface area contributed by atoms with Crippen LogP contribution in [-0.2, 0) is 6.42 Å². The molecule has 0 spiro atoms. The summed E-state index contributed by atoms with van der Waals surface area (Å²) in [6.45, 7) is 0. The first kappa shape index (κ1) is 45.3. The number of para-hydroxylation sites is 7. The van der Waals surface area contributed by atoms with E-state index in [4.69, 9.17) is 8.83 Å². The molecule has 0 aliphatic heterocycles. The molecule has 1 aliphatic rings. The molecule has 0 amide bonds. The third-order valence-electron chi connectivity index (χ3n) is 16.0. The summed E-state index contributed by atoms with van der Waals surface area (Å²) in [5.41, 5.74) is 20.2. The van der Waals surface area contributed by atoms with Crippen LogP contribution >= 0.6 is 15.9 Å². The second-order valence-electron chi connectivity index (χ2n) is 20.5. The summed E-state index contributed by atoms with van der Waals surface area (Å²) in [7, 11) is 0. The van der Waals surface area contributed by atoms with E-state index >= 15 is 0 Å². The molecule has 0 bridgehead atoms. The van der Waals surface area contributed by atoms with Crippen LogP contribution < -0.4 is 0 Å². The summed E-state index contributed by atoms with van der Waals surface area (Å²) in [4.78, 5) is 0. The van der Waals surface area contributed by atoms with Gasteiger partial charge in [-0.05, 0) is 138 Å². The Morgan fingerprint density at radius 1 is 0.253 bits per heavy atom. The normalized spacial score (nSPS) is 12.1. The van der Waals surface area contributed by atoms with Gasteiger partial charge in [-0.25, -0.2) is 0 Å². The smallest absolute Gasteiger partial charge is 0.137 e. The van der Waals surface area contributed by atoms with Crippen molar-refractivity contribution >= 4 is 125 Å². The Hall–Kier alpha value is -9.88. The topological polar surface area (TPSA) is 41.1 Å². The SMILES string of the molecule is Brc1ccc2c(c1)oc1ccccc12.c1ccc(-n2c3ccccc3c3cc4c(cc32)Cc2ccccc2-4)cc1.c1ccc(-n2c3ccccc3c3cc4c5ccccc5n(-c5ccc6c(c5)oc5ccccc56)c4cc32)cc1. The number of furan rings is 2. The van der Waals surface area contributed by atoms with Crippen molar-refractivity contribution in [1.29, 1.82) is 0 Å². The fourth-order valence-electron chi connectivity index (χ4n) is 12.6. The minimum Gasteiger partial charge on any atom is -0.456 e. The number of hydrogen-bond donors (Lipinski definition) is 0. The number of rotatable bonds is 3. The zero-order chi connectivity index (χ0) is 52.1. The summed E-state index contributed by atoms with van der Waals surface area (Å²) >= 11 is 3.43. The molecule has 0 radical (unpaired) electrons. The molecule has 5 aromatic heterocycles. The standard InChI is InChI=1S/C36H22N2O.C25H17N.C12H7BrO/c1-2-10-23(11-3-1)37-31-15-7-4-12-25(31)29-21-30-26-13-5-8-16-32(26)38(34(30)22-33(29)37)24-18-19-28-27-14-6-9-17-35(27)39-36(28)20-24;1-2-9-19(10-3-1)26-24-13-7-6-12-21(24)23-16-22-18(15-25(23)26)14-17-8-4-5-11-20(17)22;13-8-5-6-10-9-3-1-2-4-11(9)14-12(10)7-8/h1-22H;1-13,15-16H,14H2;1-7H. The third-order valence-corrected chi connectivity index (χ3v) is 16.5. The molecule has 79 heavy (non-hydrogen) atoms. The predicted molar refractivity (Wildman–Crippen MR) is 333 cm³/mol. The van der Waals surface area contributed by atoms with Crippen molar-refractivity contribution in [1.82, 2.24) is 13.7 Å². The molecule has 0 atom stereocenters. The number of benzene rings is 12. The maximum Gasteiger partial charge on any atom is 0.137 e. The van der Waals surface area contributed by atoms with Gasteiger partial charge in [-0.15, -0.1) is 0 Å². The molecule has 0 saturated carbocycles. The lowest BCUT2D eigenvalue weighted by Gasteiger charge is -2.10. The van der Waals surface area contributed by atoms with Crippen LogP contribution in [0.2, 0.25) is 0 Å². The summed E-state index contributed by atoms with van der Waals surface area (Å²) in [5.74, 6) is 0. The molecule has 0 fully saturated rings. The van der Waals surface area contributed by atoms with Crippen LogP contribution in [0.15, 0.2) is 280 Å². The first-order chi connectivity index (χ1) is 39.1. The molecule has 5 nitrogen and oxygen atoms in total. The average Bonchev–Trinajstić information content (AvgIpc) is 4.44. The van der Waals surface area contributed by atoms with Gasteiger partial charge in [0.25, 0.3) is 0 Å². The highest BCUT2D eigenvalue weighted by atomic mass is 79.9. The van der Waals surface area contributed by atoms with Crippen molar-refractivity contribution in [2.24, 2.45) is 0 Å². The molecule has 1 aliphatic carbocycles.